The van der Waals surface area contributed by atoms with Crippen LogP contribution in [0.15, 0.2) is 18.2 Å². The second kappa shape index (κ2) is 9.19. The Bertz CT molecular complexity index is 619. The topological polar surface area (TPSA) is 97.0 Å². The summed E-state index contributed by atoms with van der Waals surface area (Å²) in [5.74, 6) is -0.451. The molecule has 1 rings (SSSR count). The van der Waals surface area contributed by atoms with Crippen LogP contribution in [-0.4, -0.2) is 54.9 Å². The lowest BCUT2D eigenvalue weighted by molar-refractivity contribution is -0.862. The largest absolute Gasteiger partial charge is 0.338 e. The Hall–Kier alpha value is -2.19. The third-order valence-corrected chi connectivity index (χ3v) is 3.70. The highest BCUT2D eigenvalue weighted by atomic mass is 35.5. The third-order valence-electron chi connectivity index (χ3n) is 3.46. The van der Waals surface area contributed by atoms with Gasteiger partial charge in [-0.25, -0.2) is 0 Å². The van der Waals surface area contributed by atoms with Gasteiger partial charge in [0.05, 0.1) is 12.0 Å². The van der Waals surface area contributed by atoms with Gasteiger partial charge in [-0.05, 0) is 26.0 Å². The van der Waals surface area contributed by atoms with E-state index in [-0.39, 0.29) is 35.4 Å². The molecule has 0 bridgehead atoms. The number of nitrogens with zero attached hydrogens (tertiary/aromatic N) is 2. The number of rotatable bonds is 8. The maximum absolute atomic E-state index is 12.1. The van der Waals surface area contributed by atoms with Gasteiger partial charge in [0, 0.05) is 24.2 Å². The number of amides is 2. The molecule has 9 heteroatoms. The summed E-state index contributed by atoms with van der Waals surface area (Å²) in [5, 5.41) is 13.7. The molecule has 0 fully saturated rings. The fourth-order valence-corrected chi connectivity index (χ4v) is 2.41. The lowest BCUT2D eigenvalue weighted by atomic mass is 10.2. The van der Waals surface area contributed by atoms with E-state index in [1.807, 2.05) is 13.8 Å². The van der Waals surface area contributed by atoms with E-state index in [0.29, 0.717) is 18.0 Å². The number of benzene rings is 1. The summed E-state index contributed by atoms with van der Waals surface area (Å²) in [7, 11) is 1.72. The molecule has 8 nitrogen and oxygen atoms in total. The van der Waals surface area contributed by atoms with Gasteiger partial charge in [-0.15, -0.1) is 0 Å². The van der Waals surface area contributed by atoms with Crippen molar-refractivity contribution < 1.29 is 19.4 Å². The molecule has 2 N–H and O–H groups in total. The predicted molar refractivity (Wildman–Crippen MR) is 91.3 cm³/mol. The predicted octanol–water partition coefficient (Wildman–Crippen LogP) is 0.570. The Morgan fingerprint density at radius 3 is 2.46 bits per heavy atom. The molecule has 0 saturated heterocycles. The van der Waals surface area contributed by atoms with Crippen molar-refractivity contribution in [3.63, 3.8) is 0 Å². The number of nitro benzene ring substituents is 1. The summed E-state index contributed by atoms with van der Waals surface area (Å²) in [5.41, 5.74) is -0.190. The first-order chi connectivity index (χ1) is 11.3. The van der Waals surface area contributed by atoms with Crippen LogP contribution in [0.4, 0.5) is 11.4 Å². The SMILES string of the molecule is CCN(CC)C(=O)C[NH+](C)CC(=O)Nc1ccc(Cl)cc1[N+](=O)[O-]. The average Bonchev–Trinajstić information content (AvgIpc) is 2.49. The number of anilines is 1. The number of hydrogen-bond donors (Lipinski definition) is 2. The molecule has 0 aliphatic carbocycles. The van der Waals surface area contributed by atoms with Crippen LogP contribution in [0.5, 0.6) is 0 Å². The maximum atomic E-state index is 12.1. The van der Waals surface area contributed by atoms with Crippen LogP contribution in [0, 0.1) is 10.1 Å². The summed E-state index contributed by atoms with van der Waals surface area (Å²) in [6.07, 6.45) is 0. The van der Waals surface area contributed by atoms with E-state index in [1.165, 1.54) is 18.2 Å². The number of carbonyl (C=O) groups is 2. The molecule has 1 unspecified atom stereocenters. The Morgan fingerprint density at radius 1 is 1.29 bits per heavy atom. The maximum Gasteiger partial charge on any atom is 0.294 e. The lowest BCUT2D eigenvalue weighted by Gasteiger charge is -2.20. The van der Waals surface area contributed by atoms with Crippen molar-refractivity contribution in [1.29, 1.82) is 0 Å². The van der Waals surface area contributed by atoms with E-state index in [2.05, 4.69) is 5.32 Å². The summed E-state index contributed by atoms with van der Waals surface area (Å²) < 4.78 is 0. The van der Waals surface area contributed by atoms with Gasteiger partial charge in [-0.1, -0.05) is 11.6 Å². The molecule has 1 aromatic carbocycles. The van der Waals surface area contributed by atoms with E-state index >= 15 is 0 Å². The van der Waals surface area contributed by atoms with Crippen molar-refractivity contribution >= 4 is 34.8 Å². The molecule has 0 radical (unpaired) electrons. The molecule has 0 aromatic heterocycles. The van der Waals surface area contributed by atoms with Crippen molar-refractivity contribution in [2.24, 2.45) is 0 Å². The minimum absolute atomic E-state index is 0.0206. The van der Waals surface area contributed by atoms with Gasteiger partial charge in [-0.2, -0.15) is 0 Å². The molecule has 0 spiro atoms. The second-order valence-corrected chi connectivity index (χ2v) is 5.78. The molecule has 0 aliphatic heterocycles. The van der Waals surface area contributed by atoms with Crippen molar-refractivity contribution in [2.45, 2.75) is 13.8 Å². The van der Waals surface area contributed by atoms with Gasteiger partial charge < -0.3 is 15.1 Å². The fraction of sp³-hybridized carbons (Fsp3) is 0.467. The zero-order chi connectivity index (χ0) is 18.3. The van der Waals surface area contributed by atoms with Gasteiger partial charge in [0.15, 0.2) is 13.1 Å². The standard InChI is InChI=1S/C15H21ClN4O4/c1-4-19(5-2)15(22)10-18(3)9-14(21)17-12-7-6-11(16)8-13(12)20(23)24/h6-8H,4-5,9-10H2,1-3H3,(H,17,21)/p+1. The Morgan fingerprint density at radius 2 is 1.92 bits per heavy atom. The number of nitrogens with one attached hydrogen (secondary N) is 2. The number of carbonyl (C=O) groups excluding carboxylic acids is 2. The minimum Gasteiger partial charge on any atom is -0.338 e. The monoisotopic (exact) mass is 357 g/mol. The van der Waals surface area contributed by atoms with Crippen molar-refractivity contribution in [2.75, 3.05) is 38.5 Å². The van der Waals surface area contributed by atoms with E-state index in [9.17, 15) is 19.7 Å². The van der Waals surface area contributed by atoms with E-state index in [1.54, 1.807) is 11.9 Å². The van der Waals surface area contributed by atoms with Gasteiger partial charge in [-0.3, -0.25) is 19.7 Å². The molecule has 1 aromatic rings. The lowest BCUT2D eigenvalue weighted by Crippen LogP contribution is -3.11. The van der Waals surface area contributed by atoms with E-state index in [0.717, 1.165) is 0 Å². The first-order valence-corrected chi connectivity index (χ1v) is 7.99. The molecular weight excluding hydrogens is 336 g/mol. The molecular formula is C15H22ClN4O4+. The number of halogens is 1. The van der Waals surface area contributed by atoms with Gasteiger partial charge in [0.25, 0.3) is 17.5 Å². The van der Waals surface area contributed by atoms with Crippen LogP contribution in [0.2, 0.25) is 5.02 Å². The number of quaternary nitrogens is 1. The number of nitro groups is 1. The highest BCUT2D eigenvalue weighted by molar-refractivity contribution is 6.31. The van der Waals surface area contributed by atoms with Crippen molar-refractivity contribution in [3.8, 4) is 0 Å². The summed E-state index contributed by atoms with van der Waals surface area (Å²) >= 11 is 5.73. The number of likely N-dealkylation sites (N-methyl/N-ethyl adjacent to an activating group) is 2. The van der Waals surface area contributed by atoms with E-state index in [4.69, 9.17) is 11.6 Å². The molecule has 0 saturated carbocycles. The Kier molecular flexibility index (Phi) is 7.60. The van der Waals surface area contributed by atoms with Crippen LogP contribution in [-0.2, 0) is 9.59 Å². The molecule has 132 valence electrons. The highest BCUT2D eigenvalue weighted by Gasteiger charge is 2.20. The zero-order valence-corrected chi connectivity index (χ0v) is 14.7. The van der Waals surface area contributed by atoms with Crippen LogP contribution >= 0.6 is 11.6 Å². The average molecular weight is 358 g/mol. The van der Waals surface area contributed by atoms with Gasteiger partial charge in [0.2, 0.25) is 0 Å². The molecule has 2 amide bonds. The van der Waals surface area contributed by atoms with Crippen LogP contribution < -0.4 is 10.2 Å². The molecule has 1 atom stereocenters. The molecule has 0 heterocycles. The minimum atomic E-state index is -0.609. The normalized spacial score (nSPS) is 11.7. The summed E-state index contributed by atoms with van der Waals surface area (Å²) in [4.78, 5) is 36.8. The summed E-state index contributed by atoms with van der Waals surface area (Å²) in [6, 6.07) is 4.02. The molecule has 0 aliphatic rings. The quantitative estimate of drug-likeness (QED) is 0.525. The van der Waals surface area contributed by atoms with Crippen LogP contribution in [0.25, 0.3) is 0 Å². The molecule has 24 heavy (non-hydrogen) atoms. The Labute approximate surface area is 145 Å². The van der Waals surface area contributed by atoms with Crippen molar-refractivity contribution in [3.05, 3.63) is 33.3 Å². The Balaban J connectivity index is 2.67. The number of hydrogen-bond acceptors (Lipinski definition) is 4. The van der Waals surface area contributed by atoms with Crippen LogP contribution in [0.3, 0.4) is 0 Å². The van der Waals surface area contributed by atoms with Gasteiger partial charge >= 0.3 is 0 Å². The van der Waals surface area contributed by atoms with Crippen LogP contribution in [0.1, 0.15) is 13.8 Å². The fourth-order valence-electron chi connectivity index (χ4n) is 2.24. The van der Waals surface area contributed by atoms with Crippen molar-refractivity contribution in [1.82, 2.24) is 4.90 Å². The zero-order valence-electron chi connectivity index (χ0n) is 14.0. The first-order valence-electron chi connectivity index (χ1n) is 7.61. The van der Waals surface area contributed by atoms with E-state index < -0.39 is 10.8 Å². The summed E-state index contributed by atoms with van der Waals surface area (Å²) in [6.45, 7) is 5.22. The highest BCUT2D eigenvalue weighted by Crippen LogP contribution is 2.27. The first kappa shape index (κ1) is 19.9. The third kappa shape index (κ3) is 5.78. The smallest absolute Gasteiger partial charge is 0.294 e. The van der Waals surface area contributed by atoms with Gasteiger partial charge in [0.1, 0.15) is 5.69 Å². The second-order valence-electron chi connectivity index (χ2n) is 5.34.